The average molecular weight is 384 g/mol. The van der Waals surface area contributed by atoms with Crippen molar-refractivity contribution in [1.82, 2.24) is 19.8 Å². The van der Waals surface area contributed by atoms with Gasteiger partial charge in [-0.25, -0.2) is 9.37 Å². The minimum atomic E-state index is -0.192. The summed E-state index contributed by atoms with van der Waals surface area (Å²) >= 11 is 0. The smallest absolute Gasteiger partial charge is 0.271 e. The van der Waals surface area contributed by atoms with Crippen molar-refractivity contribution in [2.24, 2.45) is 18.9 Å². The third kappa shape index (κ3) is 3.02. The molecule has 6 nitrogen and oxygen atoms in total. The lowest BCUT2D eigenvalue weighted by molar-refractivity contribution is 0.00212. The Hall–Kier alpha value is -2.25. The highest BCUT2D eigenvalue weighted by Gasteiger charge is 2.62. The van der Waals surface area contributed by atoms with Gasteiger partial charge in [0.25, 0.3) is 5.91 Å². The van der Waals surface area contributed by atoms with Gasteiger partial charge < -0.3 is 14.6 Å². The van der Waals surface area contributed by atoms with Crippen LogP contribution in [0.3, 0.4) is 0 Å². The van der Waals surface area contributed by atoms with E-state index < -0.39 is 0 Å². The number of likely N-dealkylation sites (tertiary alicyclic amines) is 1. The molecule has 0 unspecified atom stereocenters. The predicted octanol–water partition coefficient (Wildman–Crippen LogP) is 1.97. The average Bonchev–Trinajstić information content (AvgIpc) is 3.40. The molecule has 3 saturated heterocycles. The Morgan fingerprint density at radius 2 is 2.36 bits per heavy atom. The summed E-state index contributed by atoms with van der Waals surface area (Å²) in [5.74, 6) is 0.400. The maximum Gasteiger partial charge on any atom is 0.271 e. The van der Waals surface area contributed by atoms with Gasteiger partial charge in [-0.1, -0.05) is 12.1 Å². The van der Waals surface area contributed by atoms with Gasteiger partial charge in [0.1, 0.15) is 11.5 Å². The summed E-state index contributed by atoms with van der Waals surface area (Å²) in [5, 5.41) is 3.06. The lowest BCUT2D eigenvalue weighted by atomic mass is 9.73. The van der Waals surface area contributed by atoms with E-state index in [4.69, 9.17) is 4.74 Å². The maximum absolute atomic E-state index is 13.5. The van der Waals surface area contributed by atoms with E-state index in [-0.39, 0.29) is 23.4 Å². The Morgan fingerprint density at radius 3 is 3.14 bits per heavy atom. The Morgan fingerprint density at radius 1 is 1.46 bits per heavy atom. The van der Waals surface area contributed by atoms with Gasteiger partial charge in [-0.2, -0.15) is 0 Å². The number of rotatable bonds is 5. The van der Waals surface area contributed by atoms with Crippen LogP contribution in [0.5, 0.6) is 0 Å². The van der Waals surface area contributed by atoms with Crippen LogP contribution in [0.1, 0.15) is 28.9 Å². The van der Waals surface area contributed by atoms with E-state index in [1.165, 1.54) is 6.07 Å². The summed E-state index contributed by atoms with van der Waals surface area (Å²) in [6.45, 7) is 3.16. The maximum atomic E-state index is 13.5. The van der Waals surface area contributed by atoms with Gasteiger partial charge in [0.05, 0.1) is 18.0 Å². The lowest BCUT2D eigenvalue weighted by Crippen LogP contribution is -2.42. The SMILES string of the molecule is Cn1cnc(C(=O)NC[C@H]2[C@H]3CN(Cc4cccc(F)c4)C[C@]34CC[C@H]2O4)c1. The molecule has 3 fully saturated rings. The van der Waals surface area contributed by atoms with Crippen LogP contribution in [0.15, 0.2) is 36.8 Å². The largest absolute Gasteiger partial charge is 0.370 e. The number of imidazole rings is 1. The van der Waals surface area contributed by atoms with Crippen LogP contribution in [0.25, 0.3) is 0 Å². The number of amides is 1. The molecule has 1 amide bonds. The molecule has 0 saturated carbocycles. The van der Waals surface area contributed by atoms with Crippen molar-refractivity contribution in [2.75, 3.05) is 19.6 Å². The Kier molecular flexibility index (Phi) is 4.25. The molecule has 7 heteroatoms. The van der Waals surface area contributed by atoms with Crippen molar-refractivity contribution in [3.63, 3.8) is 0 Å². The third-order valence-corrected chi connectivity index (χ3v) is 6.59. The van der Waals surface area contributed by atoms with E-state index in [1.807, 2.05) is 13.1 Å². The fourth-order valence-electron chi connectivity index (χ4n) is 5.40. The van der Waals surface area contributed by atoms with Crippen molar-refractivity contribution in [3.8, 4) is 0 Å². The molecule has 0 aliphatic carbocycles. The molecule has 1 aromatic carbocycles. The Bertz CT molecular complexity index is 900. The van der Waals surface area contributed by atoms with Gasteiger partial charge in [-0.3, -0.25) is 9.69 Å². The topological polar surface area (TPSA) is 59.4 Å². The van der Waals surface area contributed by atoms with E-state index in [0.29, 0.717) is 24.1 Å². The second-order valence-electron chi connectivity index (χ2n) is 8.46. The number of halogens is 1. The normalized spacial score (nSPS) is 31.3. The minimum absolute atomic E-state index is 0.0988. The number of aromatic nitrogens is 2. The number of carbonyl (C=O) groups is 1. The Labute approximate surface area is 163 Å². The van der Waals surface area contributed by atoms with Crippen LogP contribution in [0.4, 0.5) is 4.39 Å². The molecule has 28 heavy (non-hydrogen) atoms. The summed E-state index contributed by atoms with van der Waals surface area (Å²) in [6, 6.07) is 6.82. The number of hydrogen-bond donors (Lipinski definition) is 1. The highest BCUT2D eigenvalue weighted by molar-refractivity contribution is 5.92. The number of aryl methyl sites for hydroxylation is 1. The van der Waals surface area contributed by atoms with Crippen LogP contribution in [0.2, 0.25) is 0 Å². The first-order valence-electron chi connectivity index (χ1n) is 9.93. The fourth-order valence-corrected chi connectivity index (χ4v) is 5.40. The first-order valence-corrected chi connectivity index (χ1v) is 9.93. The number of nitrogens with one attached hydrogen (secondary N) is 1. The molecule has 148 valence electrons. The second-order valence-corrected chi connectivity index (χ2v) is 8.46. The molecular weight excluding hydrogens is 359 g/mol. The molecule has 3 aliphatic heterocycles. The molecular formula is C21H25FN4O2. The molecule has 1 aromatic heterocycles. The van der Waals surface area contributed by atoms with Crippen molar-refractivity contribution >= 4 is 5.91 Å². The molecule has 2 bridgehead atoms. The predicted molar refractivity (Wildman–Crippen MR) is 101 cm³/mol. The molecule has 1 spiro atoms. The number of nitrogens with zero attached hydrogens (tertiary/aromatic N) is 3. The van der Waals surface area contributed by atoms with E-state index in [9.17, 15) is 9.18 Å². The summed E-state index contributed by atoms with van der Waals surface area (Å²) < 4.78 is 21.7. The van der Waals surface area contributed by atoms with Crippen molar-refractivity contribution in [2.45, 2.75) is 31.1 Å². The van der Waals surface area contributed by atoms with Crippen molar-refractivity contribution < 1.29 is 13.9 Å². The standard InChI is InChI=1S/C21H25FN4O2/c1-25-11-18(24-13-25)20(27)23-8-16-17-10-26(9-14-3-2-4-15(22)7-14)12-21(17)6-5-19(16)28-21/h2-4,7,11,13,16-17,19H,5-6,8-10,12H2,1H3,(H,23,27)/t16-,17+,19+,21+/m0/s1. The molecule has 2 aromatic rings. The van der Waals surface area contributed by atoms with E-state index >= 15 is 0 Å². The molecule has 4 atom stereocenters. The van der Waals surface area contributed by atoms with E-state index in [0.717, 1.165) is 38.0 Å². The second kappa shape index (κ2) is 6.67. The van der Waals surface area contributed by atoms with Crippen molar-refractivity contribution in [1.29, 1.82) is 0 Å². The molecule has 5 rings (SSSR count). The quantitative estimate of drug-likeness (QED) is 0.856. The molecule has 4 heterocycles. The summed E-state index contributed by atoms with van der Waals surface area (Å²) in [7, 11) is 1.85. The Balaban J connectivity index is 1.25. The molecule has 0 radical (unpaired) electrons. The van der Waals surface area contributed by atoms with Crippen LogP contribution in [-0.4, -0.2) is 51.7 Å². The summed E-state index contributed by atoms with van der Waals surface area (Å²) in [5.41, 5.74) is 1.34. The number of carbonyl (C=O) groups excluding carboxylic acids is 1. The number of fused-ring (bicyclic) bond motifs is 1. The van der Waals surface area contributed by atoms with Gasteiger partial charge in [-0.05, 0) is 30.5 Å². The van der Waals surface area contributed by atoms with Crippen LogP contribution < -0.4 is 5.32 Å². The highest BCUT2D eigenvalue weighted by Crippen LogP contribution is 2.54. The zero-order valence-electron chi connectivity index (χ0n) is 16.0. The summed E-state index contributed by atoms with van der Waals surface area (Å²) in [6.07, 6.45) is 5.71. The number of benzene rings is 1. The van der Waals surface area contributed by atoms with E-state index in [2.05, 4.69) is 15.2 Å². The van der Waals surface area contributed by atoms with Crippen LogP contribution >= 0.6 is 0 Å². The monoisotopic (exact) mass is 384 g/mol. The molecule has 1 N–H and O–H groups in total. The lowest BCUT2D eigenvalue weighted by Gasteiger charge is -2.29. The highest BCUT2D eigenvalue weighted by atomic mass is 19.1. The first-order chi connectivity index (χ1) is 13.5. The number of hydrogen-bond acceptors (Lipinski definition) is 4. The first kappa shape index (κ1) is 17.8. The van der Waals surface area contributed by atoms with Crippen LogP contribution in [-0.2, 0) is 18.3 Å². The number of ether oxygens (including phenoxy) is 1. The third-order valence-electron chi connectivity index (χ3n) is 6.59. The minimum Gasteiger partial charge on any atom is -0.370 e. The van der Waals surface area contributed by atoms with Gasteiger partial charge >= 0.3 is 0 Å². The van der Waals surface area contributed by atoms with Crippen LogP contribution in [0, 0.1) is 17.7 Å². The van der Waals surface area contributed by atoms with Gasteiger partial charge in [-0.15, -0.1) is 0 Å². The zero-order valence-corrected chi connectivity index (χ0v) is 16.0. The van der Waals surface area contributed by atoms with Gasteiger partial charge in [0.15, 0.2) is 0 Å². The zero-order chi connectivity index (χ0) is 19.3. The van der Waals surface area contributed by atoms with Gasteiger partial charge in [0, 0.05) is 51.3 Å². The van der Waals surface area contributed by atoms with Crippen molar-refractivity contribution in [3.05, 3.63) is 53.9 Å². The molecule has 3 aliphatic rings. The van der Waals surface area contributed by atoms with Gasteiger partial charge in [0.2, 0.25) is 0 Å². The fraction of sp³-hybridized carbons (Fsp3) is 0.524. The summed E-state index contributed by atoms with van der Waals surface area (Å²) in [4.78, 5) is 18.9. The van der Waals surface area contributed by atoms with E-state index in [1.54, 1.807) is 29.2 Å².